The minimum absolute atomic E-state index is 0.658. The minimum Gasteiger partial charge on any atom is -0.383 e. The number of tetrazole rings is 1. The maximum atomic E-state index is 6.08. The lowest BCUT2D eigenvalue weighted by molar-refractivity contribution is 0.199. The van der Waals surface area contributed by atoms with Gasteiger partial charge in [-0.05, 0) is 22.1 Å². The van der Waals surface area contributed by atoms with E-state index in [-0.39, 0.29) is 0 Å². The van der Waals surface area contributed by atoms with E-state index in [0.29, 0.717) is 23.9 Å². The Morgan fingerprint density at radius 2 is 2.33 bits per heavy atom. The summed E-state index contributed by atoms with van der Waals surface area (Å²) >= 11 is 7.63. The van der Waals surface area contributed by atoms with Crippen molar-refractivity contribution < 1.29 is 4.74 Å². The summed E-state index contributed by atoms with van der Waals surface area (Å²) in [6.45, 7) is 3.01. The van der Waals surface area contributed by atoms with Gasteiger partial charge in [-0.25, -0.2) is 4.68 Å². The summed E-state index contributed by atoms with van der Waals surface area (Å²) in [5, 5.41) is 16.4. The monoisotopic (exact) mass is 328 g/mol. The summed E-state index contributed by atoms with van der Waals surface area (Å²) < 4.78 is 6.75. The highest BCUT2D eigenvalue weighted by atomic mass is 35.5. The zero-order valence-corrected chi connectivity index (χ0v) is 13.3. The molecule has 9 heteroatoms. The van der Waals surface area contributed by atoms with Crippen molar-refractivity contribution in [2.45, 2.75) is 17.5 Å². The molecule has 2 aromatic heterocycles. The molecular formula is C12H17ClN6OS. The van der Waals surface area contributed by atoms with Crippen LogP contribution in [0.5, 0.6) is 0 Å². The molecule has 2 aromatic rings. The molecular weight excluding hydrogens is 312 g/mol. The van der Waals surface area contributed by atoms with Crippen LogP contribution in [0, 0.1) is 0 Å². The van der Waals surface area contributed by atoms with Gasteiger partial charge in [-0.2, -0.15) is 0 Å². The van der Waals surface area contributed by atoms with Gasteiger partial charge < -0.3 is 10.1 Å². The van der Waals surface area contributed by atoms with Gasteiger partial charge in [-0.1, -0.05) is 23.4 Å². The van der Waals surface area contributed by atoms with Crippen molar-refractivity contribution in [2.24, 2.45) is 0 Å². The Balaban J connectivity index is 1.81. The highest BCUT2D eigenvalue weighted by Crippen LogP contribution is 2.23. The Bertz CT molecular complexity index is 552. The standard InChI is InChI=1S/C12H17ClN6OS/c1-20-7-5-14-4-6-19-12(16-17-18-19)21-9-10-2-3-15-8-11(10)13/h2-3,8,14H,4-7,9H2,1H3. The first-order valence-corrected chi connectivity index (χ1v) is 7.84. The number of pyridine rings is 1. The molecule has 0 aromatic carbocycles. The Morgan fingerprint density at radius 1 is 1.43 bits per heavy atom. The zero-order valence-electron chi connectivity index (χ0n) is 11.7. The van der Waals surface area contributed by atoms with Gasteiger partial charge in [0.1, 0.15) is 0 Å². The van der Waals surface area contributed by atoms with Crippen LogP contribution in [0.1, 0.15) is 5.56 Å². The average molecular weight is 329 g/mol. The molecule has 0 amide bonds. The number of halogens is 1. The summed E-state index contributed by atoms with van der Waals surface area (Å²) in [7, 11) is 1.68. The number of hydrogen-bond acceptors (Lipinski definition) is 7. The second kappa shape index (κ2) is 8.93. The Morgan fingerprint density at radius 3 is 3.14 bits per heavy atom. The van der Waals surface area contributed by atoms with Gasteiger partial charge in [-0.15, -0.1) is 5.10 Å². The van der Waals surface area contributed by atoms with E-state index in [1.165, 1.54) is 0 Å². The minimum atomic E-state index is 0.658. The summed E-state index contributed by atoms with van der Waals surface area (Å²) in [5.74, 6) is 0.707. The molecule has 2 heterocycles. The SMILES string of the molecule is COCCNCCn1nnnc1SCc1ccncc1Cl. The molecule has 7 nitrogen and oxygen atoms in total. The lowest BCUT2D eigenvalue weighted by Gasteiger charge is -2.06. The Hall–Kier alpha value is -1.22. The Kier molecular flexibility index (Phi) is 6.87. The number of methoxy groups -OCH3 is 1. The summed E-state index contributed by atoms with van der Waals surface area (Å²) in [6, 6.07) is 1.90. The van der Waals surface area contributed by atoms with Crippen LogP contribution in [-0.4, -0.2) is 52.0 Å². The largest absolute Gasteiger partial charge is 0.383 e. The van der Waals surface area contributed by atoms with E-state index in [9.17, 15) is 0 Å². The third-order valence-corrected chi connectivity index (χ3v) is 4.04. The predicted octanol–water partition coefficient (Wildman–Crippen LogP) is 1.25. The highest BCUT2D eigenvalue weighted by Gasteiger charge is 2.08. The van der Waals surface area contributed by atoms with Gasteiger partial charge in [0.2, 0.25) is 5.16 Å². The quantitative estimate of drug-likeness (QED) is 0.548. The number of nitrogens with one attached hydrogen (secondary N) is 1. The molecule has 0 unspecified atom stereocenters. The third kappa shape index (κ3) is 5.24. The second-order valence-corrected chi connectivity index (χ2v) is 5.53. The second-order valence-electron chi connectivity index (χ2n) is 4.18. The number of ether oxygens (including phenoxy) is 1. The lowest BCUT2D eigenvalue weighted by atomic mass is 10.3. The van der Waals surface area contributed by atoms with E-state index in [1.807, 2.05) is 6.07 Å². The molecule has 0 aliphatic rings. The summed E-state index contributed by atoms with van der Waals surface area (Å²) in [4.78, 5) is 3.97. The maximum Gasteiger partial charge on any atom is 0.209 e. The molecule has 0 aliphatic carbocycles. The van der Waals surface area contributed by atoms with Crippen molar-refractivity contribution in [3.63, 3.8) is 0 Å². The number of nitrogens with zero attached hydrogens (tertiary/aromatic N) is 5. The van der Waals surface area contributed by atoms with Gasteiger partial charge in [0.15, 0.2) is 0 Å². The predicted molar refractivity (Wildman–Crippen MR) is 81.4 cm³/mol. The molecule has 0 spiro atoms. The van der Waals surface area contributed by atoms with Crippen molar-refractivity contribution >= 4 is 23.4 Å². The topological polar surface area (TPSA) is 77.8 Å². The van der Waals surface area contributed by atoms with Crippen LogP contribution < -0.4 is 5.32 Å². The first-order chi connectivity index (χ1) is 10.3. The van der Waals surface area contributed by atoms with Crippen LogP contribution in [0.3, 0.4) is 0 Å². The van der Waals surface area contributed by atoms with Gasteiger partial charge in [-0.3, -0.25) is 4.98 Å². The molecule has 0 bridgehead atoms. The fraction of sp³-hybridized carbons (Fsp3) is 0.500. The molecule has 0 radical (unpaired) electrons. The number of rotatable bonds is 9. The van der Waals surface area contributed by atoms with Crippen LogP contribution in [0.15, 0.2) is 23.6 Å². The van der Waals surface area contributed by atoms with E-state index in [4.69, 9.17) is 16.3 Å². The van der Waals surface area contributed by atoms with Crippen LogP contribution in [-0.2, 0) is 17.0 Å². The van der Waals surface area contributed by atoms with E-state index >= 15 is 0 Å². The number of thioether (sulfide) groups is 1. The molecule has 21 heavy (non-hydrogen) atoms. The zero-order chi connectivity index (χ0) is 14.9. The number of hydrogen-bond donors (Lipinski definition) is 1. The molecule has 0 saturated heterocycles. The van der Waals surface area contributed by atoms with Crippen molar-refractivity contribution in [3.8, 4) is 0 Å². The highest BCUT2D eigenvalue weighted by molar-refractivity contribution is 7.98. The summed E-state index contributed by atoms with van der Waals surface area (Å²) in [5.41, 5.74) is 1.02. The molecule has 0 saturated carbocycles. The maximum absolute atomic E-state index is 6.08. The molecule has 114 valence electrons. The molecule has 0 atom stereocenters. The van der Waals surface area contributed by atoms with Crippen molar-refractivity contribution in [2.75, 3.05) is 26.8 Å². The average Bonchev–Trinajstić information content (AvgIpc) is 2.94. The van der Waals surface area contributed by atoms with E-state index in [1.54, 1.807) is 35.9 Å². The van der Waals surface area contributed by atoms with Gasteiger partial charge in [0.05, 0.1) is 18.2 Å². The van der Waals surface area contributed by atoms with Gasteiger partial charge in [0, 0.05) is 38.3 Å². The molecule has 0 aliphatic heterocycles. The van der Waals surface area contributed by atoms with E-state index in [2.05, 4.69) is 25.8 Å². The fourth-order valence-electron chi connectivity index (χ4n) is 1.59. The molecule has 1 N–H and O–H groups in total. The van der Waals surface area contributed by atoms with Crippen molar-refractivity contribution in [1.29, 1.82) is 0 Å². The Labute approximate surface area is 132 Å². The van der Waals surface area contributed by atoms with Crippen LogP contribution in [0.4, 0.5) is 0 Å². The number of aromatic nitrogens is 5. The summed E-state index contributed by atoms with van der Waals surface area (Å²) in [6.07, 6.45) is 3.37. The molecule has 2 rings (SSSR count). The van der Waals surface area contributed by atoms with E-state index < -0.39 is 0 Å². The third-order valence-electron chi connectivity index (χ3n) is 2.70. The normalized spacial score (nSPS) is 11.0. The van der Waals surface area contributed by atoms with Gasteiger partial charge >= 0.3 is 0 Å². The first kappa shape index (κ1) is 16.2. The molecule has 0 fully saturated rings. The van der Waals surface area contributed by atoms with Crippen LogP contribution >= 0.6 is 23.4 Å². The smallest absolute Gasteiger partial charge is 0.209 e. The first-order valence-electron chi connectivity index (χ1n) is 6.48. The lowest BCUT2D eigenvalue weighted by Crippen LogP contribution is -2.24. The van der Waals surface area contributed by atoms with Crippen LogP contribution in [0.2, 0.25) is 5.02 Å². The van der Waals surface area contributed by atoms with Crippen molar-refractivity contribution in [3.05, 3.63) is 29.0 Å². The van der Waals surface area contributed by atoms with Gasteiger partial charge in [0.25, 0.3) is 0 Å². The fourth-order valence-corrected chi connectivity index (χ4v) is 2.76. The van der Waals surface area contributed by atoms with Crippen molar-refractivity contribution in [1.82, 2.24) is 30.5 Å². The van der Waals surface area contributed by atoms with E-state index in [0.717, 1.165) is 23.8 Å². The van der Waals surface area contributed by atoms with Crippen LogP contribution in [0.25, 0.3) is 0 Å².